The highest BCUT2D eigenvalue weighted by Gasteiger charge is 2.48. The van der Waals surface area contributed by atoms with Gasteiger partial charge in [-0.2, -0.15) is 4.98 Å². The van der Waals surface area contributed by atoms with E-state index < -0.39 is 18.0 Å². The number of hydrogen-bond donors (Lipinski definition) is 3. The van der Waals surface area contributed by atoms with Gasteiger partial charge in [0, 0.05) is 19.1 Å². The van der Waals surface area contributed by atoms with Crippen LogP contribution in [0.5, 0.6) is 5.75 Å². The quantitative estimate of drug-likeness (QED) is 0.427. The van der Waals surface area contributed by atoms with Crippen molar-refractivity contribution in [1.82, 2.24) is 14.9 Å². The van der Waals surface area contributed by atoms with Crippen LogP contribution < -0.4 is 15.4 Å². The molecule has 4 aliphatic rings. The van der Waals surface area contributed by atoms with E-state index >= 15 is 0 Å². The smallest absolute Gasteiger partial charge is 0.309 e. The average molecular weight is 570 g/mol. The molecule has 2 aliphatic carbocycles. The Labute approximate surface area is 236 Å². The highest BCUT2D eigenvalue weighted by molar-refractivity contribution is 6.32. The van der Waals surface area contributed by atoms with Crippen molar-refractivity contribution >= 4 is 40.9 Å². The lowest BCUT2D eigenvalue weighted by Gasteiger charge is -2.28. The number of nitrogens with zero attached hydrogens (tertiary/aromatic N) is 3. The van der Waals surface area contributed by atoms with Crippen LogP contribution in [-0.2, 0) is 31.9 Å². The Bertz CT molecular complexity index is 1330. The molecule has 3 N–H and O–H groups in total. The number of halogens is 1. The fourth-order valence-electron chi connectivity index (χ4n) is 6.24. The molecule has 2 aromatic rings. The number of carboxylic acid groups (broad SMARTS) is 1. The van der Waals surface area contributed by atoms with Crippen LogP contribution in [0.3, 0.4) is 0 Å². The molecule has 40 heavy (non-hydrogen) atoms. The van der Waals surface area contributed by atoms with Crippen molar-refractivity contribution in [1.29, 1.82) is 0 Å². The number of carboxylic acids is 1. The summed E-state index contributed by atoms with van der Waals surface area (Å²) in [5, 5.41) is 16.6. The lowest BCUT2D eigenvalue weighted by Crippen LogP contribution is -2.46. The number of hydrogen-bond acceptors (Lipinski definition) is 9. The molecule has 1 saturated carbocycles. The third-order valence-corrected chi connectivity index (χ3v) is 8.54. The summed E-state index contributed by atoms with van der Waals surface area (Å²) in [4.78, 5) is 35.7. The van der Waals surface area contributed by atoms with Crippen molar-refractivity contribution < 1.29 is 28.9 Å². The van der Waals surface area contributed by atoms with Gasteiger partial charge in [-0.15, -0.1) is 0 Å². The number of aliphatic carboxylic acids is 1. The molecule has 0 spiro atoms. The number of amides is 1. The van der Waals surface area contributed by atoms with E-state index in [0.29, 0.717) is 67.4 Å². The second-order valence-electron chi connectivity index (χ2n) is 10.6. The van der Waals surface area contributed by atoms with E-state index in [9.17, 15) is 14.7 Å². The maximum Gasteiger partial charge on any atom is 0.309 e. The zero-order chi connectivity index (χ0) is 27.8. The minimum absolute atomic E-state index is 0.0109. The molecule has 1 saturated heterocycles. The van der Waals surface area contributed by atoms with Gasteiger partial charge in [0.1, 0.15) is 10.8 Å². The first-order chi connectivity index (χ1) is 19.4. The Morgan fingerprint density at radius 2 is 1.93 bits per heavy atom. The molecular formula is C28H32ClN5O6. The zero-order valence-electron chi connectivity index (χ0n) is 22.1. The fourth-order valence-corrected chi connectivity index (χ4v) is 6.38. The number of carbonyl (C=O) groups excluding carboxylic acids is 1. The van der Waals surface area contributed by atoms with Gasteiger partial charge in [-0.3, -0.25) is 9.59 Å². The van der Waals surface area contributed by atoms with E-state index in [1.807, 2.05) is 23.1 Å². The van der Waals surface area contributed by atoms with Crippen LogP contribution in [0.2, 0.25) is 5.02 Å². The van der Waals surface area contributed by atoms with Gasteiger partial charge in [-0.1, -0.05) is 23.8 Å². The standard InChI is InChI=1S/C28H32ClN5O6/c1-38-21-12-16-5-7-34(26(35)22-14-39-8-9-40-22)6-4-15(16)11-20(21)31-28-30-13-19(29)25(33-28)32-24-18-3-2-17(10-18)23(24)27(36)37/h2-3,11-13,17-18,22-24H,4-10,14H2,1H3,(H,36,37)(H2,30,31,32,33)/t17-,18+,22?,23+,24-/m1/s1. The number of carbonyl (C=O) groups is 2. The number of rotatable bonds is 7. The van der Waals surface area contributed by atoms with Crippen molar-refractivity contribution in [3.8, 4) is 5.75 Å². The predicted molar refractivity (Wildman–Crippen MR) is 147 cm³/mol. The molecular weight excluding hydrogens is 538 g/mol. The highest BCUT2D eigenvalue weighted by atomic mass is 35.5. The number of benzene rings is 1. The van der Waals surface area contributed by atoms with Crippen molar-refractivity contribution in [2.45, 2.75) is 31.4 Å². The zero-order valence-corrected chi connectivity index (χ0v) is 22.9. The van der Waals surface area contributed by atoms with Gasteiger partial charge in [0.15, 0.2) is 11.9 Å². The maximum absolute atomic E-state index is 13.0. The number of allylic oxidation sites excluding steroid dienone is 1. The topological polar surface area (TPSA) is 135 Å². The predicted octanol–water partition coefficient (Wildman–Crippen LogP) is 2.91. The SMILES string of the molecule is COc1cc2c(cc1Nc1ncc(Cl)c(N[C@H]3[C@@H](C(=O)O)[C@@H]4C=C[C@H]3C4)n1)CCN(C(=O)C1COCCO1)CC2. The van der Waals surface area contributed by atoms with E-state index in [4.69, 9.17) is 25.8 Å². The summed E-state index contributed by atoms with van der Waals surface area (Å²) >= 11 is 6.42. The van der Waals surface area contributed by atoms with E-state index in [0.717, 1.165) is 17.5 Å². The van der Waals surface area contributed by atoms with Crippen LogP contribution in [0.25, 0.3) is 0 Å². The average Bonchev–Trinajstić information content (AvgIpc) is 3.51. The number of ether oxygens (including phenoxy) is 3. The van der Waals surface area contributed by atoms with Gasteiger partial charge >= 0.3 is 5.97 Å². The van der Waals surface area contributed by atoms with Crippen molar-refractivity contribution in [2.24, 2.45) is 17.8 Å². The lowest BCUT2D eigenvalue weighted by atomic mass is 9.89. The van der Waals surface area contributed by atoms with Gasteiger partial charge in [0.05, 0.1) is 44.7 Å². The summed E-state index contributed by atoms with van der Waals surface area (Å²) in [5.74, 6) is 0.0314. The Balaban J connectivity index is 1.19. The molecule has 2 aliphatic heterocycles. The molecule has 212 valence electrons. The first kappa shape index (κ1) is 26.8. The summed E-state index contributed by atoms with van der Waals surface area (Å²) < 4.78 is 16.7. The Hall–Kier alpha value is -3.41. The van der Waals surface area contributed by atoms with E-state index in [1.165, 1.54) is 6.20 Å². The third-order valence-electron chi connectivity index (χ3n) is 8.27. The molecule has 1 unspecified atom stereocenters. The van der Waals surface area contributed by atoms with Crippen molar-refractivity contribution in [3.05, 3.63) is 46.6 Å². The summed E-state index contributed by atoms with van der Waals surface area (Å²) in [6, 6.07) is 3.69. The normalized spacial score (nSPS) is 27.1. The Kier molecular flexibility index (Phi) is 7.52. The summed E-state index contributed by atoms with van der Waals surface area (Å²) in [7, 11) is 1.60. The molecule has 12 heteroatoms. The van der Waals surface area contributed by atoms with Crippen molar-refractivity contribution in [2.75, 3.05) is 50.7 Å². The van der Waals surface area contributed by atoms with E-state index in [-0.39, 0.29) is 30.4 Å². The molecule has 6 rings (SSSR count). The maximum atomic E-state index is 13.0. The van der Waals surface area contributed by atoms with Crippen LogP contribution in [0, 0.1) is 17.8 Å². The van der Waals surface area contributed by atoms with Gasteiger partial charge in [0.25, 0.3) is 5.91 Å². The Morgan fingerprint density at radius 1 is 1.15 bits per heavy atom. The van der Waals surface area contributed by atoms with Crippen LogP contribution in [-0.4, -0.2) is 84.0 Å². The van der Waals surface area contributed by atoms with E-state index in [2.05, 4.69) is 26.7 Å². The van der Waals surface area contributed by atoms with Crippen LogP contribution >= 0.6 is 11.6 Å². The van der Waals surface area contributed by atoms with Crippen LogP contribution in [0.15, 0.2) is 30.5 Å². The number of anilines is 3. The van der Waals surface area contributed by atoms with Crippen molar-refractivity contribution in [3.63, 3.8) is 0 Å². The van der Waals surface area contributed by atoms with Gasteiger partial charge < -0.3 is 34.9 Å². The Morgan fingerprint density at radius 3 is 2.65 bits per heavy atom. The number of fused-ring (bicyclic) bond motifs is 3. The van der Waals surface area contributed by atoms with Crippen LogP contribution in [0.1, 0.15) is 17.5 Å². The van der Waals surface area contributed by atoms with Gasteiger partial charge in [-0.05, 0) is 54.4 Å². The fraction of sp³-hybridized carbons (Fsp3) is 0.500. The second-order valence-corrected chi connectivity index (χ2v) is 11.0. The first-order valence-corrected chi connectivity index (χ1v) is 13.9. The molecule has 1 aromatic heterocycles. The molecule has 0 radical (unpaired) electrons. The highest BCUT2D eigenvalue weighted by Crippen LogP contribution is 2.45. The second kappa shape index (κ2) is 11.2. The monoisotopic (exact) mass is 569 g/mol. The largest absolute Gasteiger partial charge is 0.495 e. The molecule has 2 bridgehead atoms. The molecule has 3 heterocycles. The van der Waals surface area contributed by atoms with E-state index in [1.54, 1.807) is 7.11 Å². The minimum atomic E-state index is -0.826. The number of methoxy groups -OCH3 is 1. The third kappa shape index (κ3) is 5.21. The molecule has 1 aromatic carbocycles. The summed E-state index contributed by atoms with van der Waals surface area (Å²) in [6.45, 7) is 2.40. The minimum Gasteiger partial charge on any atom is -0.495 e. The van der Waals surface area contributed by atoms with Gasteiger partial charge in [-0.25, -0.2) is 4.98 Å². The molecule has 2 fully saturated rings. The molecule has 1 amide bonds. The number of aromatic nitrogens is 2. The molecule has 11 nitrogen and oxygen atoms in total. The number of nitrogens with one attached hydrogen (secondary N) is 2. The van der Waals surface area contributed by atoms with Crippen LogP contribution in [0.4, 0.5) is 17.5 Å². The summed E-state index contributed by atoms with van der Waals surface area (Å²) in [6.07, 6.45) is 7.19. The molecule has 5 atom stereocenters. The first-order valence-electron chi connectivity index (χ1n) is 13.6. The summed E-state index contributed by atoms with van der Waals surface area (Å²) in [5.41, 5.74) is 2.90. The lowest BCUT2D eigenvalue weighted by molar-refractivity contribution is -0.157. The van der Waals surface area contributed by atoms with Gasteiger partial charge in [0.2, 0.25) is 5.95 Å².